The molecule has 12 heavy (non-hydrogen) atoms. The summed E-state index contributed by atoms with van der Waals surface area (Å²) >= 11 is 1.21. The molecule has 61 valence electrons. The van der Waals surface area contributed by atoms with Crippen molar-refractivity contribution < 1.29 is 5.11 Å². The zero-order valence-electron chi connectivity index (χ0n) is 6.28. The lowest BCUT2D eigenvalue weighted by Gasteiger charge is -2.14. The molecule has 0 saturated heterocycles. The van der Waals surface area contributed by atoms with Gasteiger partial charge in [0.2, 0.25) is 0 Å². The van der Waals surface area contributed by atoms with Crippen molar-refractivity contribution in [3.8, 4) is 0 Å². The molecule has 1 aliphatic rings. The quantitative estimate of drug-likeness (QED) is 0.669. The van der Waals surface area contributed by atoms with E-state index in [0.29, 0.717) is 5.71 Å². The highest BCUT2D eigenvalue weighted by atomic mass is 32.2. The van der Waals surface area contributed by atoms with Crippen LogP contribution in [0.25, 0.3) is 0 Å². The van der Waals surface area contributed by atoms with Crippen LogP contribution in [0.3, 0.4) is 0 Å². The zero-order chi connectivity index (χ0) is 8.39. The molecule has 3 nitrogen and oxygen atoms in total. The van der Waals surface area contributed by atoms with Gasteiger partial charge in [0.1, 0.15) is 6.61 Å². The molecule has 0 spiro atoms. The molecule has 4 heteroatoms. The number of fused-ring (bicyclic) bond motifs is 1. The lowest BCUT2D eigenvalue weighted by atomic mass is 10.1. The third-order valence-corrected chi connectivity index (χ3v) is 2.31. The molecule has 0 saturated carbocycles. The number of hydrogen-bond acceptors (Lipinski definition) is 3. The predicted octanol–water partition coefficient (Wildman–Crippen LogP) is 1.89. The highest BCUT2D eigenvalue weighted by Crippen LogP contribution is 2.25. The summed E-state index contributed by atoms with van der Waals surface area (Å²) in [5.41, 5.74) is 2.52. The van der Waals surface area contributed by atoms with Crippen LogP contribution >= 0.6 is 12.1 Å². The van der Waals surface area contributed by atoms with Gasteiger partial charge in [0.05, 0.1) is 23.5 Å². The molecule has 0 atom stereocenters. The molecule has 1 radical (unpaired) electrons. The second-order valence-electron chi connectivity index (χ2n) is 2.42. The van der Waals surface area contributed by atoms with Gasteiger partial charge >= 0.3 is 0 Å². The van der Waals surface area contributed by atoms with Crippen LogP contribution in [0.5, 0.6) is 0 Å². The Morgan fingerprint density at radius 1 is 1.42 bits per heavy atom. The molecular weight excluding hydrogens is 172 g/mol. The van der Waals surface area contributed by atoms with Crippen molar-refractivity contribution in [1.29, 1.82) is 0 Å². The minimum absolute atomic E-state index is 0.258. The summed E-state index contributed by atoms with van der Waals surface area (Å²) < 4.78 is 7.02. The smallest absolute Gasteiger partial charge is 0.126 e. The molecule has 1 N–H and O–H groups in total. The Bertz CT molecular complexity index is 325. The van der Waals surface area contributed by atoms with Crippen LogP contribution in [0.4, 0.5) is 5.69 Å². The summed E-state index contributed by atoms with van der Waals surface area (Å²) in [5.74, 6) is 0. The Morgan fingerprint density at radius 2 is 2.25 bits per heavy atom. The zero-order valence-corrected chi connectivity index (χ0v) is 7.10. The van der Waals surface area contributed by atoms with E-state index in [2.05, 4.69) is 9.12 Å². The van der Waals surface area contributed by atoms with Gasteiger partial charge in [-0.1, -0.05) is 18.2 Å². The van der Waals surface area contributed by atoms with Crippen molar-refractivity contribution in [2.45, 2.75) is 0 Å². The topological polar surface area (TPSA) is 44.3 Å². The molecule has 0 aromatic heterocycles. The Labute approximate surface area is 74.8 Å². The van der Waals surface area contributed by atoms with Gasteiger partial charge in [0.15, 0.2) is 0 Å². The molecule has 1 aromatic carbocycles. The van der Waals surface area contributed by atoms with E-state index in [1.807, 2.05) is 24.3 Å². The van der Waals surface area contributed by atoms with Crippen LogP contribution < -0.4 is 4.72 Å². The molecule has 1 heterocycles. The van der Waals surface area contributed by atoms with Crippen LogP contribution in [0.15, 0.2) is 28.7 Å². The van der Waals surface area contributed by atoms with Crippen LogP contribution in [0.1, 0.15) is 5.56 Å². The van der Waals surface area contributed by atoms with E-state index in [4.69, 9.17) is 0 Å². The SMILES string of the molecule is [O]CC1=NSNc2ccccc21. The summed E-state index contributed by atoms with van der Waals surface area (Å²) in [6.45, 7) is -0.258. The van der Waals surface area contributed by atoms with Crippen LogP contribution in [-0.2, 0) is 5.11 Å². The first-order valence-corrected chi connectivity index (χ1v) is 4.35. The monoisotopic (exact) mass is 179 g/mol. The number of para-hydroxylation sites is 1. The van der Waals surface area contributed by atoms with E-state index in [0.717, 1.165) is 11.3 Å². The predicted molar refractivity (Wildman–Crippen MR) is 49.7 cm³/mol. The fraction of sp³-hybridized carbons (Fsp3) is 0.125. The number of benzene rings is 1. The lowest BCUT2D eigenvalue weighted by molar-refractivity contribution is 0.246. The molecule has 0 aliphatic carbocycles. The van der Waals surface area contributed by atoms with Gasteiger partial charge in [0, 0.05) is 5.56 Å². The van der Waals surface area contributed by atoms with Crippen molar-refractivity contribution in [2.75, 3.05) is 11.3 Å². The number of nitrogens with one attached hydrogen (secondary N) is 1. The van der Waals surface area contributed by atoms with Crippen molar-refractivity contribution in [3.63, 3.8) is 0 Å². The van der Waals surface area contributed by atoms with Gasteiger partial charge in [-0.3, -0.25) is 0 Å². The van der Waals surface area contributed by atoms with Gasteiger partial charge in [0.25, 0.3) is 0 Å². The first-order valence-electron chi connectivity index (χ1n) is 3.58. The van der Waals surface area contributed by atoms with Crippen molar-refractivity contribution in [1.82, 2.24) is 0 Å². The van der Waals surface area contributed by atoms with Gasteiger partial charge < -0.3 is 4.72 Å². The second-order valence-corrected chi connectivity index (χ2v) is 2.99. The Kier molecular flexibility index (Phi) is 2.01. The third-order valence-electron chi connectivity index (χ3n) is 1.69. The molecule has 0 fully saturated rings. The van der Waals surface area contributed by atoms with Gasteiger partial charge in [-0.05, 0) is 6.07 Å². The van der Waals surface area contributed by atoms with E-state index >= 15 is 0 Å². The average molecular weight is 179 g/mol. The second kappa shape index (κ2) is 3.16. The van der Waals surface area contributed by atoms with Crippen molar-refractivity contribution in [2.24, 2.45) is 4.40 Å². The maximum Gasteiger partial charge on any atom is 0.126 e. The van der Waals surface area contributed by atoms with Gasteiger partial charge in [-0.25, -0.2) is 5.11 Å². The molecule has 1 aromatic rings. The minimum atomic E-state index is -0.258. The number of rotatable bonds is 1. The Hall–Kier alpha value is -1.00. The molecule has 2 rings (SSSR count). The normalized spacial score (nSPS) is 14.6. The van der Waals surface area contributed by atoms with Crippen LogP contribution in [0.2, 0.25) is 0 Å². The molecule has 0 unspecified atom stereocenters. The first-order chi connectivity index (χ1) is 5.92. The third kappa shape index (κ3) is 1.19. The molecular formula is C8H7N2OS. The van der Waals surface area contributed by atoms with E-state index < -0.39 is 0 Å². The van der Waals surface area contributed by atoms with E-state index in [-0.39, 0.29) is 6.61 Å². The van der Waals surface area contributed by atoms with E-state index in [1.54, 1.807) is 0 Å². The molecule has 0 amide bonds. The highest BCUT2D eigenvalue weighted by Gasteiger charge is 2.12. The van der Waals surface area contributed by atoms with Crippen molar-refractivity contribution >= 4 is 23.5 Å². The van der Waals surface area contributed by atoms with Gasteiger partial charge in [-0.15, -0.1) is 0 Å². The fourth-order valence-electron chi connectivity index (χ4n) is 1.10. The van der Waals surface area contributed by atoms with Crippen LogP contribution in [0, 0.1) is 0 Å². The number of hydrogen-bond donors (Lipinski definition) is 1. The van der Waals surface area contributed by atoms with Crippen molar-refractivity contribution in [3.05, 3.63) is 29.8 Å². The molecule has 0 bridgehead atoms. The first kappa shape index (κ1) is 7.64. The fourth-order valence-corrected chi connectivity index (χ4v) is 1.69. The van der Waals surface area contributed by atoms with Crippen LogP contribution in [-0.4, -0.2) is 12.3 Å². The summed E-state index contributed by atoms with van der Waals surface area (Å²) in [6, 6.07) is 7.67. The summed E-state index contributed by atoms with van der Waals surface area (Å²) in [6.07, 6.45) is 0. The van der Waals surface area contributed by atoms with Gasteiger partial charge in [-0.2, -0.15) is 4.40 Å². The lowest BCUT2D eigenvalue weighted by Crippen LogP contribution is -2.11. The Morgan fingerprint density at radius 3 is 3.08 bits per heavy atom. The summed E-state index contributed by atoms with van der Waals surface area (Å²) in [7, 11) is 0. The average Bonchev–Trinajstić information content (AvgIpc) is 2.17. The van der Waals surface area contributed by atoms with E-state index in [1.165, 1.54) is 12.1 Å². The molecule has 1 aliphatic heterocycles. The minimum Gasteiger partial charge on any atom is -0.310 e. The number of anilines is 1. The maximum atomic E-state index is 10.7. The van der Waals surface area contributed by atoms with E-state index in [9.17, 15) is 5.11 Å². The Balaban J connectivity index is 2.48. The largest absolute Gasteiger partial charge is 0.310 e. The summed E-state index contributed by atoms with van der Waals surface area (Å²) in [4.78, 5) is 0. The summed E-state index contributed by atoms with van der Waals surface area (Å²) in [5, 5.41) is 10.7. The highest BCUT2D eigenvalue weighted by molar-refractivity contribution is 7.99. The number of nitrogens with zero attached hydrogens (tertiary/aromatic N) is 1. The standard InChI is InChI=1S/C8H7N2OS/c11-5-8-6-3-1-2-4-7(6)9-12-10-8/h1-4,9H,5H2. The maximum absolute atomic E-state index is 10.7.